The van der Waals surface area contributed by atoms with Crippen LogP contribution in [0.25, 0.3) is 0 Å². The molecule has 31 heteroatoms. The number of hydrogen-bond donors (Lipinski definition) is 8. The Morgan fingerprint density at radius 2 is 0.517 bits per heavy atom. The first-order chi connectivity index (χ1) is 28.6. The average Bonchev–Trinajstić information content (AvgIpc) is 3.16. The van der Waals surface area contributed by atoms with Gasteiger partial charge >= 0.3 is 23.5 Å². The SMILES string of the molecule is COCCOCCOCCOCCOCCOCCOCCOCCOCCOCCOCCOC1C(OO)[C@H](OP(=O)(O)O)[C@H](OO)C(OP(=O)(O)O)[C@@H]1OP(=O)(O)O. The van der Waals surface area contributed by atoms with Crippen LogP contribution < -0.4 is 0 Å². The summed E-state index contributed by atoms with van der Waals surface area (Å²) in [4.78, 5) is 64.4. The molecule has 0 radical (unpaired) electrons. The molecule has 1 aliphatic rings. The predicted molar refractivity (Wildman–Crippen MR) is 196 cm³/mol. The lowest BCUT2D eigenvalue weighted by atomic mass is 9.84. The van der Waals surface area contributed by atoms with Crippen LogP contribution in [0, 0.1) is 0 Å². The first kappa shape index (κ1) is 57.7. The average molecular weight is 951 g/mol. The zero-order valence-corrected chi connectivity index (χ0v) is 35.8. The quantitative estimate of drug-likeness (QED) is 0.0147. The van der Waals surface area contributed by atoms with Crippen molar-refractivity contribution in [1.82, 2.24) is 0 Å². The van der Waals surface area contributed by atoms with E-state index in [9.17, 15) is 53.6 Å². The number of phosphoric ester groups is 3. The van der Waals surface area contributed by atoms with Gasteiger partial charge in [0.1, 0.15) is 24.4 Å². The molecular weight excluding hydrogens is 889 g/mol. The van der Waals surface area contributed by atoms with Crippen LogP contribution in [0.5, 0.6) is 0 Å². The fourth-order valence-corrected chi connectivity index (χ4v) is 6.52. The van der Waals surface area contributed by atoms with Crippen molar-refractivity contribution in [3.8, 4) is 0 Å². The highest BCUT2D eigenvalue weighted by Gasteiger charge is 2.60. The summed E-state index contributed by atoms with van der Waals surface area (Å²) in [6.07, 6.45) is -13.7. The van der Waals surface area contributed by atoms with Crippen molar-refractivity contribution >= 4 is 23.5 Å². The third-order valence-electron chi connectivity index (χ3n) is 7.28. The van der Waals surface area contributed by atoms with Crippen LogP contribution in [0.1, 0.15) is 0 Å². The molecule has 0 saturated heterocycles. The summed E-state index contributed by atoms with van der Waals surface area (Å²) in [7, 11) is -15.1. The Morgan fingerprint density at radius 3 is 0.750 bits per heavy atom. The third-order valence-corrected chi connectivity index (χ3v) is 8.84. The van der Waals surface area contributed by atoms with E-state index in [4.69, 9.17) is 56.8 Å². The molecule has 360 valence electrons. The van der Waals surface area contributed by atoms with Gasteiger partial charge in [-0.25, -0.2) is 23.5 Å². The summed E-state index contributed by atoms with van der Waals surface area (Å²) in [5.74, 6) is 0. The Balaban J connectivity index is 2.12. The molecule has 8 N–H and O–H groups in total. The van der Waals surface area contributed by atoms with Gasteiger partial charge in [0.05, 0.1) is 145 Å². The maximum absolute atomic E-state index is 11.7. The van der Waals surface area contributed by atoms with Crippen molar-refractivity contribution in [2.75, 3.05) is 152 Å². The van der Waals surface area contributed by atoms with Gasteiger partial charge in [-0.2, -0.15) is 0 Å². The standard InChI is InChI=1S/C29H61O28P3/c1-41-2-3-42-4-5-43-6-7-44-8-9-45-10-11-46-12-13-47-14-15-48-16-17-49-18-19-50-20-21-51-22-23-52-24-25(53-30)28(56-59(35,36)37)26(54-31)29(57-60(38,39)40)27(24)55-58(32,33)34/h24-31H,2-23H2,1H3,(H2,32,33,34)(H2,35,36,37)(H2,38,39,40)/t24?,25?,26-,27+,28-,29?/m0/s1. The van der Waals surface area contributed by atoms with E-state index in [1.165, 1.54) is 0 Å². The lowest BCUT2D eigenvalue weighted by molar-refractivity contribution is -0.385. The fourth-order valence-electron chi connectivity index (χ4n) is 4.85. The van der Waals surface area contributed by atoms with Gasteiger partial charge in [0, 0.05) is 7.11 Å². The van der Waals surface area contributed by atoms with Crippen LogP contribution in [0.2, 0.25) is 0 Å². The number of ether oxygens (including phenoxy) is 12. The molecule has 60 heavy (non-hydrogen) atoms. The number of hydrogen-bond acceptors (Lipinski definition) is 22. The van der Waals surface area contributed by atoms with Crippen LogP contribution in [0.4, 0.5) is 0 Å². The van der Waals surface area contributed by atoms with E-state index >= 15 is 0 Å². The molecule has 1 fully saturated rings. The van der Waals surface area contributed by atoms with Crippen LogP contribution in [0.3, 0.4) is 0 Å². The molecule has 0 aromatic carbocycles. The highest BCUT2D eigenvalue weighted by atomic mass is 31.2. The summed E-state index contributed by atoms with van der Waals surface area (Å²) in [5.41, 5.74) is 0. The predicted octanol–water partition coefficient (Wildman–Crippen LogP) is -1.65. The molecule has 1 rings (SSSR count). The topological polar surface area (TPSA) is 370 Å². The highest BCUT2D eigenvalue weighted by molar-refractivity contribution is 7.46. The maximum atomic E-state index is 11.7. The first-order valence-corrected chi connectivity index (χ1v) is 22.9. The van der Waals surface area contributed by atoms with Gasteiger partial charge in [-0.15, -0.1) is 0 Å². The number of methoxy groups -OCH3 is 1. The molecule has 1 saturated carbocycles. The molecule has 3 unspecified atom stereocenters. The van der Waals surface area contributed by atoms with E-state index in [-0.39, 0.29) is 33.0 Å². The molecule has 28 nitrogen and oxygen atoms in total. The summed E-state index contributed by atoms with van der Waals surface area (Å²) < 4.78 is 113. The Hall–Kier alpha value is -0.310. The molecule has 0 bridgehead atoms. The van der Waals surface area contributed by atoms with Crippen molar-refractivity contribution in [3.63, 3.8) is 0 Å². The first-order valence-electron chi connectivity index (χ1n) is 18.3. The second-order valence-corrected chi connectivity index (χ2v) is 15.3. The summed E-state index contributed by atoms with van der Waals surface area (Å²) in [5, 5.41) is 18.9. The maximum Gasteiger partial charge on any atom is 0.470 e. The van der Waals surface area contributed by atoms with Crippen molar-refractivity contribution in [3.05, 3.63) is 0 Å². The Bertz CT molecular complexity index is 1160. The van der Waals surface area contributed by atoms with Gasteiger partial charge in [0.15, 0.2) is 12.2 Å². The van der Waals surface area contributed by atoms with Crippen molar-refractivity contribution in [1.29, 1.82) is 0 Å². The molecular formula is C29H61O28P3. The molecule has 0 heterocycles. The zero-order valence-electron chi connectivity index (χ0n) is 33.1. The Morgan fingerprint density at radius 1 is 0.317 bits per heavy atom. The number of rotatable bonds is 42. The van der Waals surface area contributed by atoms with Crippen LogP contribution in [-0.2, 0) is 93.9 Å². The van der Waals surface area contributed by atoms with E-state index in [0.717, 1.165) is 0 Å². The number of phosphoric acid groups is 3. The lowest BCUT2D eigenvalue weighted by Crippen LogP contribution is -2.66. The van der Waals surface area contributed by atoms with Crippen molar-refractivity contribution in [2.24, 2.45) is 0 Å². The van der Waals surface area contributed by atoms with E-state index in [2.05, 4.69) is 23.3 Å². The fraction of sp³-hybridized carbons (Fsp3) is 1.00. The van der Waals surface area contributed by atoms with E-state index in [0.29, 0.717) is 106 Å². The van der Waals surface area contributed by atoms with Crippen LogP contribution >= 0.6 is 23.5 Å². The molecule has 0 amide bonds. The minimum atomic E-state index is -5.60. The van der Waals surface area contributed by atoms with Gasteiger partial charge in [0.25, 0.3) is 0 Å². The van der Waals surface area contributed by atoms with E-state index in [1.807, 2.05) is 0 Å². The second-order valence-electron chi connectivity index (χ2n) is 11.8. The summed E-state index contributed by atoms with van der Waals surface area (Å²) in [6.45, 7) is 6.84. The van der Waals surface area contributed by atoms with Crippen molar-refractivity contribution < 1.29 is 134 Å². The lowest BCUT2D eigenvalue weighted by Gasteiger charge is -2.46. The van der Waals surface area contributed by atoms with Gasteiger partial charge in [0.2, 0.25) is 0 Å². The monoisotopic (exact) mass is 950 g/mol. The smallest absolute Gasteiger partial charge is 0.382 e. The second kappa shape index (κ2) is 35.0. The Kier molecular flexibility index (Phi) is 33.7. The summed E-state index contributed by atoms with van der Waals surface area (Å²) >= 11 is 0. The highest BCUT2D eigenvalue weighted by Crippen LogP contribution is 2.50. The van der Waals surface area contributed by atoms with E-state index < -0.39 is 66.7 Å². The third kappa shape index (κ3) is 30.7. The van der Waals surface area contributed by atoms with Gasteiger partial charge < -0.3 is 86.2 Å². The van der Waals surface area contributed by atoms with Crippen LogP contribution in [-0.4, -0.2) is 229 Å². The van der Waals surface area contributed by atoms with Gasteiger partial charge in [-0.3, -0.25) is 24.1 Å². The van der Waals surface area contributed by atoms with Gasteiger partial charge in [-0.05, 0) is 0 Å². The van der Waals surface area contributed by atoms with E-state index in [1.54, 1.807) is 7.11 Å². The minimum Gasteiger partial charge on any atom is -0.382 e. The molecule has 0 aromatic heterocycles. The van der Waals surface area contributed by atoms with Gasteiger partial charge in [-0.1, -0.05) is 0 Å². The zero-order chi connectivity index (χ0) is 44.5. The van der Waals surface area contributed by atoms with Crippen LogP contribution in [0.15, 0.2) is 0 Å². The van der Waals surface area contributed by atoms with Crippen molar-refractivity contribution in [2.45, 2.75) is 36.6 Å². The normalized spacial score (nSPS) is 21.6. The molecule has 0 aromatic rings. The minimum absolute atomic E-state index is 0.00695. The largest absolute Gasteiger partial charge is 0.470 e. The molecule has 0 aliphatic heterocycles. The molecule has 1 aliphatic carbocycles. The summed E-state index contributed by atoms with van der Waals surface area (Å²) in [6, 6.07) is 0. The molecule has 6 atom stereocenters. The Labute approximate surface area is 346 Å². The molecule has 0 spiro atoms.